The number of aryl methyl sites for hydroxylation is 2. The molecule has 25 heavy (non-hydrogen) atoms. The summed E-state index contributed by atoms with van der Waals surface area (Å²) in [4.78, 5) is 5.02. The molecule has 1 saturated heterocycles. The van der Waals surface area contributed by atoms with Crippen LogP contribution in [0.5, 0.6) is 0 Å². The summed E-state index contributed by atoms with van der Waals surface area (Å²) < 4.78 is 1.94. The van der Waals surface area contributed by atoms with E-state index in [2.05, 4.69) is 53.0 Å². The molecule has 0 bridgehead atoms. The van der Waals surface area contributed by atoms with Crippen molar-refractivity contribution in [2.24, 2.45) is 7.05 Å². The van der Waals surface area contributed by atoms with Gasteiger partial charge in [-0.05, 0) is 25.8 Å². The minimum Gasteiger partial charge on any atom is -0.396 e. The lowest BCUT2D eigenvalue weighted by atomic mass is 10.1. The van der Waals surface area contributed by atoms with Crippen molar-refractivity contribution in [3.8, 4) is 0 Å². The first-order chi connectivity index (χ1) is 12.1. The van der Waals surface area contributed by atoms with Crippen LogP contribution in [0.4, 0.5) is 0 Å². The second-order valence-electron chi connectivity index (χ2n) is 7.24. The van der Waals surface area contributed by atoms with E-state index in [0.717, 1.165) is 39.1 Å². The van der Waals surface area contributed by atoms with Crippen LogP contribution in [0, 0.1) is 13.8 Å². The Labute approximate surface area is 150 Å². The Morgan fingerprint density at radius 3 is 2.52 bits per heavy atom. The number of aliphatic hydroxyl groups excluding tert-OH is 1. The monoisotopic (exact) mass is 342 g/mol. The van der Waals surface area contributed by atoms with Crippen molar-refractivity contribution in [1.82, 2.24) is 19.6 Å². The van der Waals surface area contributed by atoms with Gasteiger partial charge < -0.3 is 5.11 Å². The van der Waals surface area contributed by atoms with E-state index < -0.39 is 0 Å². The van der Waals surface area contributed by atoms with Crippen LogP contribution in [-0.4, -0.2) is 57.0 Å². The smallest absolute Gasteiger partial charge is 0.0537 e. The summed E-state index contributed by atoms with van der Waals surface area (Å²) >= 11 is 0. The Morgan fingerprint density at radius 2 is 1.88 bits per heavy atom. The zero-order valence-electron chi connectivity index (χ0n) is 15.6. The van der Waals surface area contributed by atoms with Crippen LogP contribution in [-0.2, 0) is 20.1 Å². The van der Waals surface area contributed by atoms with Gasteiger partial charge >= 0.3 is 0 Å². The molecule has 1 N–H and O–H groups in total. The molecule has 1 fully saturated rings. The highest BCUT2D eigenvalue weighted by molar-refractivity contribution is 5.21. The van der Waals surface area contributed by atoms with Crippen molar-refractivity contribution in [3.63, 3.8) is 0 Å². The van der Waals surface area contributed by atoms with Crippen LogP contribution in [0.15, 0.2) is 30.5 Å². The summed E-state index contributed by atoms with van der Waals surface area (Å²) in [6, 6.07) is 9.19. The molecule has 3 rings (SSSR count). The van der Waals surface area contributed by atoms with Gasteiger partial charge in [0, 0.05) is 63.7 Å². The van der Waals surface area contributed by atoms with E-state index in [9.17, 15) is 5.11 Å². The molecule has 5 heteroatoms. The topological polar surface area (TPSA) is 44.5 Å². The molecule has 1 aliphatic heterocycles. The molecule has 136 valence electrons. The largest absolute Gasteiger partial charge is 0.396 e. The van der Waals surface area contributed by atoms with Gasteiger partial charge in [-0.15, -0.1) is 0 Å². The average molecular weight is 342 g/mol. The van der Waals surface area contributed by atoms with Gasteiger partial charge in [0.15, 0.2) is 0 Å². The first kappa shape index (κ1) is 18.1. The van der Waals surface area contributed by atoms with Crippen molar-refractivity contribution in [1.29, 1.82) is 0 Å². The molecular formula is C20H30N4O. The fourth-order valence-electron chi connectivity index (χ4n) is 3.60. The Hall–Kier alpha value is -1.69. The van der Waals surface area contributed by atoms with E-state index in [-0.39, 0.29) is 6.61 Å². The molecule has 0 aliphatic carbocycles. The lowest BCUT2D eigenvalue weighted by Gasteiger charge is -2.41. The molecule has 1 atom stereocenters. The Morgan fingerprint density at radius 1 is 1.12 bits per heavy atom. The van der Waals surface area contributed by atoms with Crippen LogP contribution in [0.2, 0.25) is 0 Å². The number of hydrogen-bond donors (Lipinski definition) is 1. The number of hydrogen-bond acceptors (Lipinski definition) is 4. The van der Waals surface area contributed by atoms with Crippen LogP contribution in [0.25, 0.3) is 0 Å². The van der Waals surface area contributed by atoms with Crippen molar-refractivity contribution in [2.45, 2.75) is 39.4 Å². The molecule has 1 aliphatic rings. The summed E-state index contributed by atoms with van der Waals surface area (Å²) in [6.07, 6.45) is 2.81. The zero-order chi connectivity index (χ0) is 17.8. The average Bonchev–Trinajstić information content (AvgIpc) is 2.91. The number of nitrogens with zero attached hydrogens (tertiary/aromatic N) is 4. The van der Waals surface area contributed by atoms with Gasteiger partial charge in [0.1, 0.15) is 0 Å². The molecular weight excluding hydrogens is 312 g/mol. The first-order valence-corrected chi connectivity index (χ1v) is 9.17. The summed E-state index contributed by atoms with van der Waals surface area (Å²) in [5.41, 5.74) is 5.19. The van der Waals surface area contributed by atoms with Gasteiger partial charge in [-0.3, -0.25) is 14.5 Å². The van der Waals surface area contributed by atoms with Crippen molar-refractivity contribution in [2.75, 3.05) is 26.2 Å². The van der Waals surface area contributed by atoms with E-state index in [1.54, 1.807) is 0 Å². The molecule has 5 nitrogen and oxygen atoms in total. The van der Waals surface area contributed by atoms with E-state index in [1.807, 2.05) is 17.9 Å². The van der Waals surface area contributed by atoms with Crippen LogP contribution in [0.3, 0.4) is 0 Å². The van der Waals surface area contributed by atoms with Crippen molar-refractivity contribution in [3.05, 3.63) is 52.8 Å². The highest BCUT2D eigenvalue weighted by Crippen LogP contribution is 2.19. The van der Waals surface area contributed by atoms with Crippen molar-refractivity contribution >= 4 is 0 Å². The third-order valence-electron chi connectivity index (χ3n) is 5.39. The van der Waals surface area contributed by atoms with Crippen molar-refractivity contribution < 1.29 is 5.11 Å². The number of rotatable bonds is 6. The van der Waals surface area contributed by atoms with Gasteiger partial charge in [0.05, 0.1) is 6.20 Å². The predicted molar refractivity (Wildman–Crippen MR) is 100 cm³/mol. The molecule has 0 unspecified atom stereocenters. The van der Waals surface area contributed by atoms with Gasteiger partial charge in [-0.1, -0.05) is 29.8 Å². The molecule has 2 heterocycles. The molecule has 1 aromatic heterocycles. The lowest BCUT2D eigenvalue weighted by molar-refractivity contribution is 0.0499. The van der Waals surface area contributed by atoms with Gasteiger partial charge in [0.25, 0.3) is 0 Å². The molecule has 0 amide bonds. The lowest BCUT2D eigenvalue weighted by Crippen LogP contribution is -2.52. The third-order valence-corrected chi connectivity index (χ3v) is 5.39. The molecule has 0 spiro atoms. The van der Waals surface area contributed by atoms with Crippen LogP contribution < -0.4 is 0 Å². The first-order valence-electron chi connectivity index (χ1n) is 9.17. The molecule has 2 aromatic rings. The second-order valence-corrected chi connectivity index (χ2v) is 7.24. The normalized spacial score (nSPS) is 19.4. The SMILES string of the molecule is Cc1ccc(CN2CCN(Cc3cnn(C)c3C)C[C@@H]2CCO)cc1. The Bertz CT molecular complexity index is 680. The molecule has 0 radical (unpaired) electrons. The van der Waals surface area contributed by atoms with E-state index in [4.69, 9.17) is 0 Å². The van der Waals surface area contributed by atoms with E-state index in [1.165, 1.54) is 22.4 Å². The maximum absolute atomic E-state index is 9.50. The zero-order valence-corrected chi connectivity index (χ0v) is 15.6. The van der Waals surface area contributed by atoms with Gasteiger partial charge in [-0.25, -0.2) is 0 Å². The maximum atomic E-state index is 9.50. The van der Waals surface area contributed by atoms with E-state index in [0.29, 0.717) is 6.04 Å². The summed E-state index contributed by atoms with van der Waals surface area (Å²) in [7, 11) is 1.99. The second kappa shape index (κ2) is 8.13. The molecule has 1 aromatic carbocycles. The minimum absolute atomic E-state index is 0.245. The third kappa shape index (κ3) is 4.48. The predicted octanol–water partition coefficient (Wildman–Crippen LogP) is 2.11. The Kier molecular flexibility index (Phi) is 5.89. The number of aliphatic hydroxyl groups is 1. The fourth-order valence-corrected chi connectivity index (χ4v) is 3.60. The van der Waals surface area contributed by atoms with Crippen LogP contribution >= 0.6 is 0 Å². The Balaban J connectivity index is 1.63. The fraction of sp³-hybridized carbons (Fsp3) is 0.550. The quantitative estimate of drug-likeness (QED) is 0.873. The number of aromatic nitrogens is 2. The van der Waals surface area contributed by atoms with Gasteiger partial charge in [0.2, 0.25) is 0 Å². The number of benzene rings is 1. The summed E-state index contributed by atoms with van der Waals surface area (Å²) in [5.74, 6) is 0. The van der Waals surface area contributed by atoms with Gasteiger partial charge in [-0.2, -0.15) is 5.10 Å². The highest BCUT2D eigenvalue weighted by atomic mass is 16.3. The number of piperazine rings is 1. The van der Waals surface area contributed by atoms with Crippen LogP contribution in [0.1, 0.15) is 28.8 Å². The van der Waals surface area contributed by atoms with E-state index >= 15 is 0 Å². The summed E-state index contributed by atoms with van der Waals surface area (Å²) in [6.45, 7) is 9.50. The molecule has 0 saturated carbocycles. The minimum atomic E-state index is 0.245. The highest BCUT2D eigenvalue weighted by Gasteiger charge is 2.27. The standard InChI is InChI=1S/C20H30N4O/c1-16-4-6-18(7-5-16)13-24-10-9-23(15-20(24)8-11-25)14-19-12-21-22(3)17(19)2/h4-7,12,20,25H,8-11,13-15H2,1-3H3/t20-/m0/s1. The summed E-state index contributed by atoms with van der Waals surface area (Å²) in [5, 5.41) is 13.9. The maximum Gasteiger partial charge on any atom is 0.0537 e.